The highest BCUT2D eigenvalue weighted by Gasteiger charge is 2.52. The molecule has 214 valence electrons. The molecule has 6 nitrogen and oxygen atoms in total. The predicted octanol–water partition coefficient (Wildman–Crippen LogP) is 6.77. The summed E-state index contributed by atoms with van der Waals surface area (Å²) in [5, 5.41) is 17.4. The van der Waals surface area contributed by atoms with Crippen molar-refractivity contribution in [1.29, 1.82) is 10.5 Å². The molecule has 12 heteroatoms. The Morgan fingerprint density at radius 2 is 1.19 bits per heavy atom. The Bertz CT molecular complexity index is 1620. The van der Waals surface area contributed by atoms with E-state index in [0.29, 0.717) is 5.46 Å². The van der Waals surface area contributed by atoms with Crippen molar-refractivity contribution in [2.24, 2.45) is 0 Å². The van der Waals surface area contributed by atoms with E-state index >= 15 is 0 Å². The molecule has 0 spiro atoms. The van der Waals surface area contributed by atoms with Gasteiger partial charge in [-0.25, -0.2) is 17.6 Å². The molecule has 5 rings (SSSR count). The van der Waals surface area contributed by atoms with Crippen LogP contribution < -0.4 is 5.46 Å². The molecule has 1 aliphatic rings. The van der Waals surface area contributed by atoms with E-state index < -0.39 is 41.6 Å². The molecule has 0 saturated carbocycles. The first kappa shape index (κ1) is 32.2. The number of nitrogens with zero attached hydrogens (tertiary/aromatic N) is 4. The van der Waals surface area contributed by atoms with E-state index in [4.69, 9.17) is 31.4 Å². The van der Waals surface area contributed by atoms with Crippen LogP contribution in [0.15, 0.2) is 73.3 Å². The fourth-order valence-electron chi connectivity index (χ4n) is 3.51. The molecule has 1 aliphatic heterocycles. The van der Waals surface area contributed by atoms with Crippen LogP contribution in [0.4, 0.5) is 17.6 Å². The molecular formula is C30H24BClF4N4O2. The number of nitriles is 2. The van der Waals surface area contributed by atoms with E-state index in [9.17, 15) is 17.6 Å². The number of hydrogen-bond donors (Lipinski definition) is 0. The minimum Gasteiger partial charge on any atom is -0.399 e. The summed E-state index contributed by atoms with van der Waals surface area (Å²) in [7, 11) is -0.734. The largest absolute Gasteiger partial charge is 0.497 e. The average molecular weight is 595 g/mol. The molecule has 2 aromatic carbocycles. The highest BCUT2D eigenvalue weighted by Crippen LogP contribution is 2.36. The van der Waals surface area contributed by atoms with E-state index in [1.165, 1.54) is 48.8 Å². The van der Waals surface area contributed by atoms with Crippen molar-refractivity contribution in [1.82, 2.24) is 9.97 Å². The Kier molecular flexibility index (Phi) is 10.4. The highest BCUT2D eigenvalue weighted by molar-refractivity contribution is 6.62. The lowest BCUT2D eigenvalue weighted by molar-refractivity contribution is 0.00578. The second-order valence-corrected chi connectivity index (χ2v) is 10.3. The van der Waals surface area contributed by atoms with E-state index in [0.717, 1.165) is 18.5 Å². The highest BCUT2D eigenvalue weighted by atomic mass is 35.5. The SMILES string of the molecule is CC1(C)OB(c2ccc(C#N)cc2F)OC1(C)C.Fc1cnccc1Cl.N#Cc1ccc(-c2ccncc2F)c(F)c1. The lowest BCUT2D eigenvalue weighted by atomic mass is 9.78. The minimum atomic E-state index is -0.734. The first-order chi connectivity index (χ1) is 19.8. The second-order valence-electron chi connectivity index (χ2n) is 9.89. The molecule has 1 saturated heterocycles. The standard InChI is InChI=1S/C13H15BFNO2.C12H6F2N2.C5H3ClFN/c1-12(2)13(3,4)18-14(17-12)10-6-5-9(8-16)7-11(10)15;13-11-5-8(6-15)1-2-9(11)10-3-4-16-7-12(10)14;6-4-1-2-8-3-5(4)7/h5-7H,1-4H3;1-5,7H;1-3H. The summed E-state index contributed by atoms with van der Waals surface area (Å²) in [6.45, 7) is 7.65. The van der Waals surface area contributed by atoms with Gasteiger partial charge in [-0.3, -0.25) is 9.97 Å². The van der Waals surface area contributed by atoms with Crippen LogP contribution in [0.3, 0.4) is 0 Å². The van der Waals surface area contributed by atoms with E-state index in [-0.39, 0.29) is 27.3 Å². The molecular weight excluding hydrogens is 571 g/mol. The molecule has 3 heterocycles. The summed E-state index contributed by atoms with van der Waals surface area (Å²) in [5.41, 5.74) is 0.0720. The van der Waals surface area contributed by atoms with Crippen LogP contribution in [0.5, 0.6) is 0 Å². The van der Waals surface area contributed by atoms with E-state index in [2.05, 4.69) is 9.97 Å². The zero-order valence-corrected chi connectivity index (χ0v) is 23.8. The molecule has 42 heavy (non-hydrogen) atoms. The third-order valence-electron chi connectivity index (χ3n) is 6.52. The van der Waals surface area contributed by atoms with Gasteiger partial charge in [-0.05, 0) is 64.1 Å². The molecule has 0 aliphatic carbocycles. The Hall–Kier alpha value is -4.29. The molecule has 1 fully saturated rings. The van der Waals surface area contributed by atoms with Gasteiger partial charge < -0.3 is 9.31 Å². The van der Waals surface area contributed by atoms with Crippen LogP contribution in [0.2, 0.25) is 5.02 Å². The van der Waals surface area contributed by atoms with Crippen molar-refractivity contribution in [2.75, 3.05) is 0 Å². The predicted molar refractivity (Wildman–Crippen MR) is 150 cm³/mol. The van der Waals surface area contributed by atoms with Gasteiger partial charge in [0.05, 0.1) is 51.9 Å². The number of pyridine rings is 2. The zero-order valence-electron chi connectivity index (χ0n) is 23.0. The van der Waals surface area contributed by atoms with Crippen LogP contribution in [0.25, 0.3) is 11.1 Å². The van der Waals surface area contributed by atoms with Crippen LogP contribution in [0, 0.1) is 45.9 Å². The summed E-state index contributed by atoms with van der Waals surface area (Å²) in [4.78, 5) is 7.07. The van der Waals surface area contributed by atoms with Crippen LogP contribution in [-0.4, -0.2) is 28.3 Å². The van der Waals surface area contributed by atoms with Gasteiger partial charge in [0.25, 0.3) is 0 Å². The first-order valence-electron chi connectivity index (χ1n) is 12.4. The molecule has 0 bridgehead atoms. The first-order valence-corrected chi connectivity index (χ1v) is 12.8. The Labute approximate surface area is 246 Å². The van der Waals surface area contributed by atoms with Gasteiger partial charge in [0.15, 0.2) is 5.82 Å². The van der Waals surface area contributed by atoms with Crippen molar-refractivity contribution in [3.63, 3.8) is 0 Å². The maximum Gasteiger partial charge on any atom is 0.497 e. The van der Waals surface area contributed by atoms with Gasteiger partial charge >= 0.3 is 7.12 Å². The number of rotatable bonds is 2. The minimum absolute atomic E-state index is 0.111. The maximum atomic E-state index is 13.9. The summed E-state index contributed by atoms with van der Waals surface area (Å²) in [6.07, 6.45) is 4.91. The van der Waals surface area contributed by atoms with Crippen molar-refractivity contribution in [3.05, 3.63) is 113 Å². The van der Waals surface area contributed by atoms with Crippen molar-refractivity contribution in [2.45, 2.75) is 38.9 Å². The molecule has 0 unspecified atom stereocenters. The fraction of sp³-hybridized carbons (Fsp3) is 0.200. The third-order valence-corrected chi connectivity index (χ3v) is 6.83. The van der Waals surface area contributed by atoms with Crippen LogP contribution in [0.1, 0.15) is 38.8 Å². The number of halogens is 5. The van der Waals surface area contributed by atoms with Gasteiger partial charge in [0, 0.05) is 29.0 Å². The van der Waals surface area contributed by atoms with Crippen molar-refractivity contribution < 1.29 is 26.9 Å². The Balaban J connectivity index is 0.000000185. The summed E-state index contributed by atoms with van der Waals surface area (Å²) in [5.74, 6) is -2.17. The second kappa shape index (κ2) is 13.6. The lowest BCUT2D eigenvalue weighted by Gasteiger charge is -2.32. The number of hydrogen-bond acceptors (Lipinski definition) is 6. The summed E-state index contributed by atoms with van der Waals surface area (Å²) >= 11 is 5.29. The third kappa shape index (κ3) is 7.71. The molecule has 0 amide bonds. The quantitative estimate of drug-likeness (QED) is 0.188. The Morgan fingerprint density at radius 3 is 1.64 bits per heavy atom. The molecule has 0 N–H and O–H groups in total. The molecule has 0 atom stereocenters. The van der Waals surface area contributed by atoms with Crippen molar-refractivity contribution >= 4 is 24.2 Å². The Morgan fingerprint density at radius 1 is 0.690 bits per heavy atom. The molecule has 2 aromatic heterocycles. The van der Waals surface area contributed by atoms with E-state index in [1.54, 1.807) is 6.07 Å². The van der Waals surface area contributed by atoms with Crippen LogP contribution in [-0.2, 0) is 9.31 Å². The molecule has 0 radical (unpaired) electrons. The summed E-state index contributed by atoms with van der Waals surface area (Å²) in [6, 6.07) is 14.7. The van der Waals surface area contributed by atoms with Gasteiger partial charge in [0.1, 0.15) is 17.5 Å². The maximum absolute atomic E-state index is 13.9. The van der Waals surface area contributed by atoms with Crippen LogP contribution >= 0.6 is 11.6 Å². The molecule has 4 aromatic rings. The topological polar surface area (TPSA) is 91.8 Å². The van der Waals surface area contributed by atoms with Gasteiger partial charge in [-0.1, -0.05) is 23.7 Å². The average Bonchev–Trinajstić information content (AvgIpc) is 3.17. The lowest BCUT2D eigenvalue weighted by Crippen LogP contribution is -2.41. The smallest absolute Gasteiger partial charge is 0.399 e. The van der Waals surface area contributed by atoms with Crippen molar-refractivity contribution in [3.8, 4) is 23.3 Å². The van der Waals surface area contributed by atoms with E-state index in [1.807, 2.05) is 39.8 Å². The normalized spacial score (nSPS) is 14.4. The summed E-state index contributed by atoms with van der Waals surface area (Å²) < 4.78 is 64.4. The zero-order chi connectivity index (χ0) is 31.1. The number of benzene rings is 2. The van der Waals surface area contributed by atoms with Gasteiger partial charge in [0.2, 0.25) is 0 Å². The van der Waals surface area contributed by atoms with Gasteiger partial charge in [-0.2, -0.15) is 10.5 Å². The monoisotopic (exact) mass is 594 g/mol. The fourth-order valence-corrected chi connectivity index (χ4v) is 3.62. The number of aromatic nitrogens is 2. The van der Waals surface area contributed by atoms with Gasteiger partial charge in [-0.15, -0.1) is 0 Å².